The summed E-state index contributed by atoms with van der Waals surface area (Å²) in [6.07, 6.45) is 0.941. The Kier molecular flexibility index (Phi) is 3.56. The lowest BCUT2D eigenvalue weighted by atomic mass is 10.0. The molecule has 0 unspecified atom stereocenters. The number of fused-ring (bicyclic) bond motifs is 1. The van der Waals surface area contributed by atoms with Gasteiger partial charge in [-0.25, -0.2) is 0 Å². The largest absolute Gasteiger partial charge is 0.452 e. The van der Waals surface area contributed by atoms with Crippen molar-refractivity contribution >= 4 is 28.4 Å². The van der Waals surface area contributed by atoms with E-state index in [1.807, 2.05) is 19.1 Å². The number of rotatable bonds is 3. The van der Waals surface area contributed by atoms with Gasteiger partial charge in [0.15, 0.2) is 5.76 Å². The van der Waals surface area contributed by atoms with Crippen molar-refractivity contribution in [1.29, 1.82) is 0 Å². The van der Waals surface area contributed by atoms with E-state index in [4.69, 9.17) is 16.0 Å². The summed E-state index contributed by atoms with van der Waals surface area (Å²) in [5.41, 5.74) is 3.43. The maximum atomic E-state index is 12.6. The first-order valence-corrected chi connectivity index (χ1v) is 7.30. The number of aryl methyl sites for hydroxylation is 2. The molecule has 21 heavy (non-hydrogen) atoms. The van der Waals surface area contributed by atoms with Crippen molar-refractivity contribution in [3.8, 4) is 0 Å². The van der Waals surface area contributed by atoms with Gasteiger partial charge >= 0.3 is 0 Å². The van der Waals surface area contributed by atoms with Crippen LogP contribution in [0.25, 0.3) is 11.0 Å². The molecule has 0 bridgehead atoms. The standard InChI is InChI=1S/C18H15ClO2/c1-3-12-4-9-15-11(2)18(21-16(15)10-12)17(20)13-5-7-14(19)8-6-13/h4-10H,3H2,1-2H3. The van der Waals surface area contributed by atoms with Crippen LogP contribution >= 0.6 is 11.6 Å². The molecule has 3 aromatic rings. The van der Waals surface area contributed by atoms with Crippen LogP contribution in [0.5, 0.6) is 0 Å². The minimum Gasteiger partial charge on any atom is -0.452 e. The second kappa shape index (κ2) is 5.38. The Morgan fingerprint density at radius 1 is 1.14 bits per heavy atom. The smallest absolute Gasteiger partial charge is 0.228 e. The summed E-state index contributed by atoms with van der Waals surface area (Å²) >= 11 is 5.86. The van der Waals surface area contributed by atoms with Crippen molar-refractivity contribution in [3.63, 3.8) is 0 Å². The Labute approximate surface area is 128 Å². The fourth-order valence-electron chi connectivity index (χ4n) is 2.44. The number of furan rings is 1. The topological polar surface area (TPSA) is 30.2 Å². The van der Waals surface area contributed by atoms with Crippen LogP contribution in [0.15, 0.2) is 46.9 Å². The Hall–Kier alpha value is -2.06. The predicted molar refractivity (Wildman–Crippen MR) is 85.2 cm³/mol. The van der Waals surface area contributed by atoms with Gasteiger partial charge in [0.1, 0.15) is 5.58 Å². The number of hydrogen-bond donors (Lipinski definition) is 0. The van der Waals surface area contributed by atoms with Gasteiger partial charge in [-0.2, -0.15) is 0 Å². The van der Waals surface area contributed by atoms with Crippen LogP contribution in [0.4, 0.5) is 0 Å². The molecule has 0 atom stereocenters. The van der Waals surface area contributed by atoms with Gasteiger partial charge in [0.25, 0.3) is 0 Å². The SMILES string of the molecule is CCc1ccc2c(C)c(C(=O)c3ccc(Cl)cc3)oc2c1. The van der Waals surface area contributed by atoms with Crippen molar-refractivity contribution < 1.29 is 9.21 Å². The van der Waals surface area contributed by atoms with Crippen LogP contribution in [0.3, 0.4) is 0 Å². The first-order chi connectivity index (χ1) is 10.1. The summed E-state index contributed by atoms with van der Waals surface area (Å²) in [6, 6.07) is 12.9. The van der Waals surface area contributed by atoms with E-state index in [1.54, 1.807) is 24.3 Å². The highest BCUT2D eigenvalue weighted by Gasteiger charge is 2.19. The van der Waals surface area contributed by atoms with Gasteiger partial charge < -0.3 is 4.42 Å². The molecule has 0 aliphatic carbocycles. The molecule has 0 fully saturated rings. The monoisotopic (exact) mass is 298 g/mol. The lowest BCUT2D eigenvalue weighted by Gasteiger charge is -1.99. The van der Waals surface area contributed by atoms with Crippen LogP contribution in [0.2, 0.25) is 5.02 Å². The Morgan fingerprint density at radius 2 is 1.86 bits per heavy atom. The molecule has 2 nitrogen and oxygen atoms in total. The van der Waals surface area contributed by atoms with E-state index in [0.29, 0.717) is 16.3 Å². The van der Waals surface area contributed by atoms with Crippen molar-refractivity contribution in [2.24, 2.45) is 0 Å². The van der Waals surface area contributed by atoms with E-state index in [0.717, 1.165) is 23.0 Å². The Balaban J connectivity index is 2.09. The van der Waals surface area contributed by atoms with Crippen LogP contribution < -0.4 is 0 Å². The number of halogens is 1. The van der Waals surface area contributed by atoms with Crippen LogP contribution in [-0.4, -0.2) is 5.78 Å². The zero-order valence-corrected chi connectivity index (χ0v) is 12.7. The fourth-order valence-corrected chi connectivity index (χ4v) is 2.56. The third-order valence-electron chi connectivity index (χ3n) is 3.72. The van der Waals surface area contributed by atoms with Gasteiger partial charge in [-0.15, -0.1) is 0 Å². The van der Waals surface area contributed by atoms with Gasteiger partial charge in [0.05, 0.1) is 0 Å². The number of benzene rings is 2. The first kappa shape index (κ1) is 13.9. The molecule has 0 amide bonds. The maximum absolute atomic E-state index is 12.6. The Morgan fingerprint density at radius 3 is 2.52 bits per heavy atom. The van der Waals surface area contributed by atoms with Crippen molar-refractivity contribution in [2.75, 3.05) is 0 Å². The van der Waals surface area contributed by atoms with E-state index < -0.39 is 0 Å². The van der Waals surface area contributed by atoms with E-state index in [2.05, 4.69) is 13.0 Å². The summed E-state index contributed by atoms with van der Waals surface area (Å²) in [4.78, 5) is 12.6. The molecule has 0 spiro atoms. The lowest BCUT2D eigenvalue weighted by Crippen LogP contribution is -2.00. The summed E-state index contributed by atoms with van der Waals surface area (Å²) in [7, 11) is 0. The maximum Gasteiger partial charge on any atom is 0.228 e. The minimum atomic E-state index is -0.113. The van der Waals surface area contributed by atoms with Crippen molar-refractivity contribution in [3.05, 3.63) is 69.9 Å². The van der Waals surface area contributed by atoms with Crippen molar-refractivity contribution in [2.45, 2.75) is 20.3 Å². The minimum absolute atomic E-state index is 0.113. The molecule has 0 saturated carbocycles. The van der Waals surface area contributed by atoms with Gasteiger partial charge in [0, 0.05) is 21.5 Å². The van der Waals surface area contributed by atoms with E-state index in [-0.39, 0.29) is 5.78 Å². The van der Waals surface area contributed by atoms with Crippen LogP contribution in [0, 0.1) is 6.92 Å². The van der Waals surface area contributed by atoms with E-state index in [9.17, 15) is 4.79 Å². The zero-order valence-electron chi connectivity index (χ0n) is 11.9. The first-order valence-electron chi connectivity index (χ1n) is 6.92. The number of carbonyl (C=O) groups is 1. The molecule has 3 rings (SSSR count). The molecule has 106 valence electrons. The highest BCUT2D eigenvalue weighted by molar-refractivity contribution is 6.30. The highest BCUT2D eigenvalue weighted by Crippen LogP contribution is 2.28. The summed E-state index contributed by atoms with van der Waals surface area (Å²) < 4.78 is 5.81. The molecule has 2 aromatic carbocycles. The quantitative estimate of drug-likeness (QED) is 0.623. The molecule has 1 heterocycles. The number of carbonyl (C=O) groups excluding carboxylic acids is 1. The predicted octanol–water partition coefficient (Wildman–Crippen LogP) is 5.19. The normalized spacial score (nSPS) is 11.0. The van der Waals surface area contributed by atoms with Crippen LogP contribution in [-0.2, 0) is 6.42 Å². The second-order valence-electron chi connectivity index (χ2n) is 5.08. The molecular formula is C18H15ClO2. The fraction of sp³-hybridized carbons (Fsp3) is 0.167. The molecule has 0 aliphatic heterocycles. The number of ketones is 1. The Bertz CT molecular complexity index is 813. The molecule has 0 aliphatic rings. The van der Waals surface area contributed by atoms with E-state index in [1.165, 1.54) is 5.56 Å². The lowest BCUT2D eigenvalue weighted by molar-refractivity contribution is 0.101. The average molecular weight is 299 g/mol. The summed E-state index contributed by atoms with van der Waals surface area (Å²) in [5.74, 6) is 0.291. The summed E-state index contributed by atoms with van der Waals surface area (Å²) in [6.45, 7) is 4.01. The molecule has 1 aromatic heterocycles. The third-order valence-corrected chi connectivity index (χ3v) is 3.98. The average Bonchev–Trinajstić information content (AvgIpc) is 2.83. The second-order valence-corrected chi connectivity index (χ2v) is 5.51. The third kappa shape index (κ3) is 2.47. The van der Waals surface area contributed by atoms with Gasteiger partial charge in [-0.3, -0.25) is 4.79 Å². The number of hydrogen-bond acceptors (Lipinski definition) is 2. The molecule has 0 radical (unpaired) electrons. The molecule has 0 saturated heterocycles. The highest BCUT2D eigenvalue weighted by atomic mass is 35.5. The van der Waals surface area contributed by atoms with Gasteiger partial charge in [-0.1, -0.05) is 30.7 Å². The van der Waals surface area contributed by atoms with E-state index >= 15 is 0 Å². The molecular weight excluding hydrogens is 284 g/mol. The zero-order chi connectivity index (χ0) is 15.0. The van der Waals surface area contributed by atoms with Crippen molar-refractivity contribution in [1.82, 2.24) is 0 Å². The van der Waals surface area contributed by atoms with Gasteiger partial charge in [0.2, 0.25) is 5.78 Å². The van der Waals surface area contributed by atoms with Gasteiger partial charge in [-0.05, 0) is 49.2 Å². The van der Waals surface area contributed by atoms with Crippen LogP contribution in [0.1, 0.15) is 34.2 Å². The summed E-state index contributed by atoms with van der Waals surface area (Å²) in [5, 5.41) is 1.60. The molecule has 3 heteroatoms. The molecule has 0 N–H and O–H groups in total.